The zero-order chi connectivity index (χ0) is 13.1. The third-order valence-electron chi connectivity index (χ3n) is 2.91. The molecule has 4 heteroatoms. The summed E-state index contributed by atoms with van der Waals surface area (Å²) in [6, 6.07) is 9.87. The minimum absolute atomic E-state index is 0.0873. The molecule has 0 saturated carbocycles. The molecule has 0 spiro atoms. The lowest BCUT2D eigenvalue weighted by atomic mass is 10.2. The molecule has 1 heterocycles. The SMILES string of the molecule is Cc1ccccc1N(C)c1cc(CO)c(Cl)cn1. The highest BCUT2D eigenvalue weighted by Gasteiger charge is 2.09. The van der Waals surface area contributed by atoms with E-state index in [9.17, 15) is 5.11 Å². The number of hydrogen-bond acceptors (Lipinski definition) is 3. The van der Waals surface area contributed by atoms with Gasteiger partial charge in [0.25, 0.3) is 0 Å². The van der Waals surface area contributed by atoms with Crippen molar-refractivity contribution < 1.29 is 5.11 Å². The van der Waals surface area contributed by atoms with Gasteiger partial charge in [-0.05, 0) is 24.6 Å². The second-order valence-electron chi connectivity index (χ2n) is 4.14. The standard InChI is InChI=1S/C14H15ClN2O/c1-10-5-3-4-6-13(10)17(2)14-7-11(9-18)12(15)8-16-14/h3-8,18H,9H2,1-2H3. The van der Waals surface area contributed by atoms with Crippen LogP contribution in [0.4, 0.5) is 11.5 Å². The number of hydrogen-bond donors (Lipinski definition) is 1. The Kier molecular flexibility index (Phi) is 3.84. The van der Waals surface area contributed by atoms with Gasteiger partial charge in [0.05, 0.1) is 11.6 Å². The first kappa shape index (κ1) is 12.9. The molecule has 0 bridgehead atoms. The summed E-state index contributed by atoms with van der Waals surface area (Å²) in [7, 11) is 1.94. The van der Waals surface area contributed by atoms with Gasteiger partial charge >= 0.3 is 0 Å². The highest BCUT2D eigenvalue weighted by molar-refractivity contribution is 6.31. The molecular formula is C14H15ClN2O. The molecule has 3 nitrogen and oxygen atoms in total. The molecule has 2 aromatic rings. The highest BCUT2D eigenvalue weighted by Crippen LogP contribution is 2.27. The Morgan fingerprint density at radius 2 is 2.06 bits per heavy atom. The maximum Gasteiger partial charge on any atom is 0.133 e. The van der Waals surface area contributed by atoms with E-state index in [-0.39, 0.29) is 6.61 Å². The molecule has 0 radical (unpaired) electrons. The highest BCUT2D eigenvalue weighted by atomic mass is 35.5. The second kappa shape index (κ2) is 5.38. The molecule has 0 aliphatic heterocycles. The van der Waals surface area contributed by atoms with Crippen molar-refractivity contribution in [1.29, 1.82) is 0 Å². The van der Waals surface area contributed by atoms with Gasteiger partial charge in [0.2, 0.25) is 0 Å². The van der Waals surface area contributed by atoms with Crippen LogP contribution in [-0.4, -0.2) is 17.1 Å². The monoisotopic (exact) mass is 262 g/mol. The van der Waals surface area contributed by atoms with Gasteiger partial charge in [0.1, 0.15) is 5.82 Å². The quantitative estimate of drug-likeness (QED) is 0.922. The zero-order valence-electron chi connectivity index (χ0n) is 10.4. The van der Waals surface area contributed by atoms with E-state index < -0.39 is 0 Å². The fourth-order valence-corrected chi connectivity index (χ4v) is 2.00. The average molecular weight is 263 g/mol. The lowest BCUT2D eigenvalue weighted by Crippen LogP contribution is -2.12. The van der Waals surface area contributed by atoms with Crippen LogP contribution in [0.25, 0.3) is 0 Å². The van der Waals surface area contributed by atoms with Crippen molar-refractivity contribution in [3.05, 3.63) is 52.7 Å². The first-order valence-corrected chi connectivity index (χ1v) is 6.06. The largest absolute Gasteiger partial charge is 0.392 e. The summed E-state index contributed by atoms with van der Waals surface area (Å²) in [6.45, 7) is 1.96. The lowest BCUT2D eigenvalue weighted by Gasteiger charge is -2.21. The van der Waals surface area contributed by atoms with Crippen LogP contribution >= 0.6 is 11.6 Å². The number of rotatable bonds is 3. The van der Waals surface area contributed by atoms with E-state index in [2.05, 4.69) is 18.0 Å². The number of anilines is 2. The molecular weight excluding hydrogens is 248 g/mol. The van der Waals surface area contributed by atoms with Gasteiger partial charge in [0, 0.05) is 24.5 Å². The van der Waals surface area contributed by atoms with Crippen LogP contribution in [0.3, 0.4) is 0 Å². The lowest BCUT2D eigenvalue weighted by molar-refractivity contribution is 0.282. The number of halogens is 1. The van der Waals surface area contributed by atoms with Gasteiger partial charge in [-0.1, -0.05) is 29.8 Å². The van der Waals surface area contributed by atoms with Gasteiger partial charge in [-0.25, -0.2) is 4.98 Å². The molecule has 0 unspecified atom stereocenters. The molecule has 1 N–H and O–H groups in total. The van der Waals surface area contributed by atoms with Crippen molar-refractivity contribution in [2.45, 2.75) is 13.5 Å². The van der Waals surface area contributed by atoms with E-state index in [0.29, 0.717) is 10.6 Å². The summed E-state index contributed by atoms with van der Waals surface area (Å²) >= 11 is 5.94. The Hall–Kier alpha value is -1.58. The fraction of sp³-hybridized carbons (Fsp3) is 0.214. The number of para-hydroxylation sites is 1. The van der Waals surface area contributed by atoms with Crippen LogP contribution < -0.4 is 4.90 Å². The summed E-state index contributed by atoms with van der Waals surface area (Å²) < 4.78 is 0. The Morgan fingerprint density at radius 3 is 2.72 bits per heavy atom. The number of aryl methyl sites for hydroxylation is 1. The molecule has 0 aliphatic carbocycles. The molecule has 1 aromatic heterocycles. The predicted octanol–water partition coefficient (Wildman–Crippen LogP) is 3.30. The van der Waals surface area contributed by atoms with Crippen molar-refractivity contribution >= 4 is 23.1 Å². The smallest absolute Gasteiger partial charge is 0.133 e. The number of aliphatic hydroxyl groups excluding tert-OH is 1. The first-order valence-electron chi connectivity index (χ1n) is 5.68. The summed E-state index contributed by atoms with van der Waals surface area (Å²) in [6.07, 6.45) is 1.57. The van der Waals surface area contributed by atoms with Crippen molar-refractivity contribution in [3.63, 3.8) is 0 Å². The summed E-state index contributed by atoms with van der Waals surface area (Å²) in [5.74, 6) is 0.762. The zero-order valence-corrected chi connectivity index (χ0v) is 11.1. The third kappa shape index (κ3) is 2.47. The van der Waals surface area contributed by atoms with E-state index in [1.54, 1.807) is 12.3 Å². The van der Waals surface area contributed by atoms with Crippen molar-refractivity contribution in [1.82, 2.24) is 4.98 Å². The maximum atomic E-state index is 9.22. The molecule has 0 saturated heterocycles. The van der Waals surface area contributed by atoms with Gasteiger partial charge in [-0.3, -0.25) is 0 Å². The van der Waals surface area contributed by atoms with Crippen LogP contribution in [0.2, 0.25) is 5.02 Å². The Morgan fingerprint density at radius 1 is 1.33 bits per heavy atom. The molecule has 0 amide bonds. The van der Waals surface area contributed by atoms with E-state index in [0.717, 1.165) is 11.5 Å². The molecule has 18 heavy (non-hydrogen) atoms. The topological polar surface area (TPSA) is 36.4 Å². The normalized spacial score (nSPS) is 10.4. The van der Waals surface area contributed by atoms with Gasteiger partial charge in [-0.15, -0.1) is 0 Å². The van der Waals surface area contributed by atoms with Crippen LogP contribution in [-0.2, 0) is 6.61 Å². The number of aliphatic hydroxyl groups is 1. The van der Waals surface area contributed by atoms with Gasteiger partial charge in [0.15, 0.2) is 0 Å². The number of pyridine rings is 1. The Labute approximate surface area is 112 Å². The summed E-state index contributed by atoms with van der Waals surface area (Å²) in [5.41, 5.74) is 2.93. The number of benzene rings is 1. The average Bonchev–Trinajstić information content (AvgIpc) is 2.39. The number of aromatic nitrogens is 1. The van der Waals surface area contributed by atoms with Gasteiger partial charge in [-0.2, -0.15) is 0 Å². The van der Waals surface area contributed by atoms with E-state index in [1.807, 2.05) is 30.1 Å². The minimum Gasteiger partial charge on any atom is -0.392 e. The Balaban J connectivity index is 2.40. The van der Waals surface area contributed by atoms with Crippen molar-refractivity contribution in [2.75, 3.05) is 11.9 Å². The number of nitrogens with zero attached hydrogens (tertiary/aromatic N) is 2. The van der Waals surface area contributed by atoms with E-state index in [4.69, 9.17) is 11.6 Å². The van der Waals surface area contributed by atoms with Crippen LogP contribution in [0.15, 0.2) is 36.5 Å². The van der Waals surface area contributed by atoms with E-state index in [1.165, 1.54) is 5.56 Å². The van der Waals surface area contributed by atoms with Gasteiger partial charge < -0.3 is 10.0 Å². The van der Waals surface area contributed by atoms with Crippen molar-refractivity contribution in [2.24, 2.45) is 0 Å². The first-order chi connectivity index (χ1) is 8.63. The van der Waals surface area contributed by atoms with Crippen LogP contribution in [0.1, 0.15) is 11.1 Å². The minimum atomic E-state index is -0.0873. The maximum absolute atomic E-state index is 9.22. The molecule has 1 aromatic carbocycles. The van der Waals surface area contributed by atoms with E-state index >= 15 is 0 Å². The molecule has 0 atom stereocenters. The molecule has 2 rings (SSSR count). The molecule has 0 fully saturated rings. The molecule has 94 valence electrons. The Bertz CT molecular complexity index is 557. The third-order valence-corrected chi connectivity index (χ3v) is 3.25. The van der Waals surface area contributed by atoms with Crippen molar-refractivity contribution in [3.8, 4) is 0 Å². The fourth-order valence-electron chi connectivity index (χ4n) is 1.84. The van der Waals surface area contributed by atoms with Crippen LogP contribution in [0.5, 0.6) is 0 Å². The summed E-state index contributed by atoms with van der Waals surface area (Å²) in [4.78, 5) is 6.26. The van der Waals surface area contributed by atoms with Crippen LogP contribution in [0, 0.1) is 6.92 Å². The molecule has 0 aliphatic rings. The summed E-state index contributed by atoms with van der Waals surface area (Å²) in [5, 5.41) is 9.70. The second-order valence-corrected chi connectivity index (χ2v) is 4.54. The predicted molar refractivity (Wildman–Crippen MR) is 74.4 cm³/mol.